The lowest BCUT2D eigenvalue weighted by Crippen LogP contribution is -2.61. The van der Waals surface area contributed by atoms with E-state index in [1.807, 2.05) is 24.4 Å². The minimum atomic E-state index is -0.761. The molecule has 1 aromatic heterocycles. The Morgan fingerprint density at radius 3 is 2.62 bits per heavy atom. The Bertz CT molecular complexity index is 1190. The van der Waals surface area contributed by atoms with Crippen LogP contribution in [0.2, 0.25) is 0 Å². The number of hydrogen-bond acceptors (Lipinski definition) is 8. The van der Waals surface area contributed by atoms with Crippen molar-refractivity contribution in [3.05, 3.63) is 52.2 Å². The maximum Gasteiger partial charge on any atom is 0.411 e. The molecular formula is C30H40N2O7S. The summed E-state index contributed by atoms with van der Waals surface area (Å²) in [5.74, 6) is -0.927. The molecule has 10 heteroatoms. The largest absolute Gasteiger partial charge is 0.462 e. The van der Waals surface area contributed by atoms with Gasteiger partial charge >= 0.3 is 12.1 Å². The molecule has 2 aromatic rings. The lowest BCUT2D eigenvalue weighted by Gasteiger charge is -2.60. The number of ether oxygens (including phenoxy) is 2. The summed E-state index contributed by atoms with van der Waals surface area (Å²) in [6.07, 6.45) is 0.642. The number of esters is 1. The number of thiophene rings is 1. The van der Waals surface area contributed by atoms with Crippen LogP contribution in [-0.4, -0.2) is 53.6 Å². The number of aliphatic hydroxyl groups excluding tert-OH is 2. The average Bonchev–Trinajstić information content (AvgIpc) is 3.45. The Labute approximate surface area is 239 Å². The number of fused-ring (bicyclic) bond motifs is 1. The first-order valence-corrected chi connectivity index (χ1v) is 14.8. The molecule has 6 atom stereocenters. The van der Waals surface area contributed by atoms with Crippen LogP contribution in [0.15, 0.2) is 41.8 Å². The zero-order valence-corrected chi connectivity index (χ0v) is 24.2. The van der Waals surface area contributed by atoms with Crippen LogP contribution in [0.25, 0.3) is 0 Å². The molecule has 4 rings (SSSR count). The minimum Gasteiger partial charge on any atom is -0.462 e. The molecule has 2 amide bonds. The molecule has 0 bridgehead atoms. The zero-order chi connectivity index (χ0) is 28.9. The van der Waals surface area contributed by atoms with Gasteiger partial charge in [0.15, 0.2) is 0 Å². The molecule has 2 fully saturated rings. The summed E-state index contributed by atoms with van der Waals surface area (Å²) in [5.41, 5.74) is -0.460. The van der Waals surface area contributed by atoms with Gasteiger partial charge in [0.05, 0.1) is 31.4 Å². The second-order valence-electron chi connectivity index (χ2n) is 11.4. The molecule has 6 unspecified atom stereocenters. The fourth-order valence-electron chi connectivity index (χ4n) is 6.87. The van der Waals surface area contributed by atoms with Gasteiger partial charge in [-0.3, -0.25) is 10.1 Å². The van der Waals surface area contributed by atoms with E-state index < -0.39 is 35.1 Å². The Balaban J connectivity index is 1.44. The van der Waals surface area contributed by atoms with E-state index in [1.54, 1.807) is 36.5 Å². The summed E-state index contributed by atoms with van der Waals surface area (Å²) in [6.45, 7) is 6.26. The molecular weight excluding hydrogens is 532 g/mol. The minimum absolute atomic E-state index is 0.0674. The molecule has 218 valence electrons. The van der Waals surface area contributed by atoms with Crippen molar-refractivity contribution >= 4 is 35.0 Å². The Morgan fingerprint density at radius 1 is 1.12 bits per heavy atom. The van der Waals surface area contributed by atoms with Crippen LogP contribution in [0.1, 0.15) is 68.1 Å². The number of anilines is 1. The predicted octanol–water partition coefficient (Wildman–Crippen LogP) is 4.73. The predicted molar refractivity (Wildman–Crippen MR) is 152 cm³/mol. The summed E-state index contributed by atoms with van der Waals surface area (Å²) in [6, 6.07) is 10.4. The number of carbonyl (C=O) groups is 3. The van der Waals surface area contributed by atoms with E-state index in [4.69, 9.17) is 9.47 Å². The molecule has 0 saturated heterocycles. The standard InChI is InChI=1S/C30H40N2O7S/c1-4-38-27(36)19-7-5-8-20(15-19)32-28(37)39-25-12-13-29(2)22(16-26(35)31-17-21-9-6-14-40-21)23(34)10-11-24(29)30(25,3)18-33/h5-9,14-15,22-25,33-34H,4,10-13,16-18H2,1-3H3,(H,31,35)(H,32,37). The third kappa shape index (κ3) is 6.34. The molecule has 2 saturated carbocycles. The summed E-state index contributed by atoms with van der Waals surface area (Å²) in [4.78, 5) is 39.0. The first-order chi connectivity index (χ1) is 19.1. The number of carbonyl (C=O) groups excluding carboxylic acids is 3. The van der Waals surface area contributed by atoms with Gasteiger partial charge in [-0.1, -0.05) is 26.0 Å². The van der Waals surface area contributed by atoms with E-state index in [0.717, 1.165) is 4.88 Å². The molecule has 9 nitrogen and oxygen atoms in total. The first-order valence-electron chi connectivity index (χ1n) is 13.9. The molecule has 1 heterocycles. The zero-order valence-electron chi connectivity index (χ0n) is 23.4. The fourth-order valence-corrected chi connectivity index (χ4v) is 7.51. The van der Waals surface area contributed by atoms with E-state index in [9.17, 15) is 24.6 Å². The van der Waals surface area contributed by atoms with Crippen molar-refractivity contribution in [1.82, 2.24) is 5.32 Å². The highest BCUT2D eigenvalue weighted by Crippen LogP contribution is 2.61. The van der Waals surface area contributed by atoms with E-state index in [0.29, 0.717) is 43.5 Å². The van der Waals surface area contributed by atoms with Crippen molar-refractivity contribution in [1.29, 1.82) is 0 Å². The van der Waals surface area contributed by atoms with Crippen LogP contribution in [0.4, 0.5) is 10.5 Å². The van der Waals surface area contributed by atoms with E-state index in [-0.39, 0.29) is 37.4 Å². The van der Waals surface area contributed by atoms with E-state index in [1.165, 1.54) is 6.07 Å². The van der Waals surface area contributed by atoms with Crippen LogP contribution in [0, 0.1) is 22.7 Å². The number of rotatable bonds is 9. The summed E-state index contributed by atoms with van der Waals surface area (Å²) >= 11 is 1.58. The molecule has 2 aliphatic carbocycles. The van der Waals surface area contributed by atoms with Crippen LogP contribution >= 0.6 is 11.3 Å². The number of nitrogens with one attached hydrogen (secondary N) is 2. The monoisotopic (exact) mass is 572 g/mol. The Morgan fingerprint density at radius 2 is 1.93 bits per heavy atom. The van der Waals surface area contributed by atoms with Gasteiger partial charge in [-0.2, -0.15) is 0 Å². The van der Waals surface area contributed by atoms with Gasteiger partial charge in [0.1, 0.15) is 6.10 Å². The topological polar surface area (TPSA) is 134 Å². The normalized spacial score (nSPS) is 29.6. The quantitative estimate of drug-likeness (QED) is 0.319. The molecule has 0 aliphatic heterocycles. The van der Waals surface area contributed by atoms with Gasteiger partial charge in [-0.15, -0.1) is 11.3 Å². The van der Waals surface area contributed by atoms with Crippen molar-refractivity contribution in [3.8, 4) is 0 Å². The third-order valence-corrected chi connectivity index (χ3v) is 9.87. The molecule has 1 aromatic carbocycles. The van der Waals surface area contributed by atoms with Crippen LogP contribution in [0.5, 0.6) is 0 Å². The highest BCUT2D eigenvalue weighted by Gasteiger charge is 2.60. The van der Waals surface area contributed by atoms with Crippen molar-refractivity contribution in [3.63, 3.8) is 0 Å². The number of benzene rings is 1. The second kappa shape index (κ2) is 12.7. The molecule has 4 N–H and O–H groups in total. The highest BCUT2D eigenvalue weighted by molar-refractivity contribution is 7.09. The Hall–Kier alpha value is -2.95. The SMILES string of the molecule is CCOC(=O)c1cccc(NC(=O)OC2CCC3(C)C(CC(=O)NCc4cccs4)C(O)CCC3C2(C)CO)c1. The van der Waals surface area contributed by atoms with Gasteiger partial charge in [-0.05, 0) is 79.5 Å². The third-order valence-electron chi connectivity index (χ3n) is 8.99. The summed E-state index contributed by atoms with van der Waals surface area (Å²) in [7, 11) is 0. The molecule has 0 radical (unpaired) electrons. The van der Waals surface area contributed by atoms with Crippen LogP contribution in [-0.2, 0) is 20.8 Å². The van der Waals surface area contributed by atoms with E-state index >= 15 is 0 Å². The van der Waals surface area contributed by atoms with Crippen molar-refractivity contribution < 1.29 is 34.1 Å². The van der Waals surface area contributed by atoms with Crippen molar-refractivity contribution in [2.45, 2.75) is 71.6 Å². The maximum absolute atomic E-state index is 12.9. The highest BCUT2D eigenvalue weighted by atomic mass is 32.1. The van der Waals surface area contributed by atoms with Gasteiger partial charge in [-0.25, -0.2) is 9.59 Å². The maximum atomic E-state index is 12.9. The average molecular weight is 573 g/mol. The van der Waals surface area contributed by atoms with Gasteiger partial charge < -0.3 is 25.0 Å². The van der Waals surface area contributed by atoms with Crippen molar-refractivity contribution in [2.75, 3.05) is 18.5 Å². The van der Waals surface area contributed by atoms with Crippen LogP contribution in [0.3, 0.4) is 0 Å². The van der Waals surface area contributed by atoms with Gasteiger partial charge in [0.2, 0.25) is 5.91 Å². The molecule has 2 aliphatic rings. The van der Waals surface area contributed by atoms with Crippen LogP contribution < -0.4 is 10.6 Å². The van der Waals surface area contributed by atoms with Gasteiger partial charge in [0.25, 0.3) is 0 Å². The lowest BCUT2D eigenvalue weighted by molar-refractivity contribution is -0.185. The summed E-state index contributed by atoms with van der Waals surface area (Å²) < 4.78 is 10.9. The molecule has 40 heavy (non-hydrogen) atoms. The second-order valence-corrected chi connectivity index (χ2v) is 12.4. The first kappa shape index (κ1) is 30.0. The number of hydrogen-bond donors (Lipinski definition) is 4. The van der Waals surface area contributed by atoms with E-state index in [2.05, 4.69) is 17.6 Å². The fraction of sp³-hybridized carbons (Fsp3) is 0.567. The summed E-state index contributed by atoms with van der Waals surface area (Å²) in [5, 5.41) is 29.3. The smallest absolute Gasteiger partial charge is 0.411 e. The Kier molecular flexibility index (Phi) is 9.53. The number of aliphatic hydroxyl groups is 2. The van der Waals surface area contributed by atoms with Crippen molar-refractivity contribution in [2.24, 2.45) is 22.7 Å². The van der Waals surface area contributed by atoms with Gasteiger partial charge in [0, 0.05) is 22.4 Å². The number of amides is 2. The molecule has 0 spiro atoms. The lowest BCUT2D eigenvalue weighted by atomic mass is 9.46.